The fraction of sp³-hybridized carbons (Fsp3) is 0.333. The lowest BCUT2D eigenvalue weighted by Crippen LogP contribution is -2.32. The minimum absolute atomic E-state index is 0.0550. The van der Waals surface area contributed by atoms with E-state index in [9.17, 15) is 4.79 Å². The van der Waals surface area contributed by atoms with Crippen LogP contribution in [0.25, 0.3) is 0 Å². The molecule has 0 saturated carbocycles. The Hall–Kier alpha value is -2.47. The van der Waals surface area contributed by atoms with Gasteiger partial charge in [-0.25, -0.2) is 0 Å². The standard InChI is InChI=1S/C18H17ClN2O4/c19-14-9-20-5-3-15(14)25-13-4-6-21(10-13)18(22)8-12-1-2-16-17(7-12)24-11-23-16/h1-3,5,7,9,13H,4,6,8,10-11H2/t13-/m0/s1. The van der Waals surface area contributed by atoms with Crippen molar-refractivity contribution in [3.63, 3.8) is 0 Å². The number of nitrogens with zero attached hydrogens (tertiary/aromatic N) is 2. The second kappa shape index (κ2) is 6.80. The largest absolute Gasteiger partial charge is 0.487 e. The number of halogens is 1. The van der Waals surface area contributed by atoms with Gasteiger partial charge in [-0.15, -0.1) is 0 Å². The molecule has 2 aromatic rings. The van der Waals surface area contributed by atoms with Crippen molar-refractivity contribution >= 4 is 17.5 Å². The molecule has 2 aliphatic rings. The molecular weight excluding hydrogens is 344 g/mol. The number of hydrogen-bond acceptors (Lipinski definition) is 5. The fourth-order valence-corrected chi connectivity index (χ4v) is 3.19. The molecule has 130 valence electrons. The van der Waals surface area contributed by atoms with E-state index in [0.717, 1.165) is 17.7 Å². The number of ether oxygens (including phenoxy) is 3. The lowest BCUT2D eigenvalue weighted by atomic mass is 10.1. The lowest BCUT2D eigenvalue weighted by molar-refractivity contribution is -0.129. The number of carbonyl (C=O) groups is 1. The maximum absolute atomic E-state index is 12.5. The van der Waals surface area contributed by atoms with Gasteiger partial charge in [0.25, 0.3) is 0 Å². The highest BCUT2D eigenvalue weighted by Crippen LogP contribution is 2.33. The van der Waals surface area contributed by atoms with Crippen molar-refractivity contribution in [2.45, 2.75) is 18.9 Å². The van der Waals surface area contributed by atoms with Gasteiger partial charge in [0.05, 0.1) is 13.0 Å². The zero-order valence-corrected chi connectivity index (χ0v) is 14.2. The van der Waals surface area contributed by atoms with E-state index in [4.69, 9.17) is 25.8 Å². The molecule has 25 heavy (non-hydrogen) atoms. The first-order valence-corrected chi connectivity index (χ1v) is 8.49. The Morgan fingerprint density at radius 1 is 1.32 bits per heavy atom. The summed E-state index contributed by atoms with van der Waals surface area (Å²) in [5.41, 5.74) is 0.913. The molecule has 0 bridgehead atoms. The van der Waals surface area contributed by atoms with Crippen molar-refractivity contribution in [3.05, 3.63) is 47.2 Å². The summed E-state index contributed by atoms with van der Waals surface area (Å²) in [4.78, 5) is 18.3. The molecule has 1 atom stereocenters. The summed E-state index contributed by atoms with van der Waals surface area (Å²) < 4.78 is 16.5. The zero-order chi connectivity index (χ0) is 17.2. The van der Waals surface area contributed by atoms with Crippen LogP contribution >= 0.6 is 11.6 Å². The molecule has 7 heteroatoms. The minimum Gasteiger partial charge on any atom is -0.487 e. The normalized spacial score (nSPS) is 18.4. The van der Waals surface area contributed by atoms with Crippen LogP contribution in [0.15, 0.2) is 36.7 Å². The Kier molecular flexibility index (Phi) is 4.36. The molecule has 3 heterocycles. The van der Waals surface area contributed by atoms with Crippen LogP contribution in [0, 0.1) is 0 Å². The van der Waals surface area contributed by atoms with E-state index in [1.165, 1.54) is 0 Å². The maximum atomic E-state index is 12.5. The summed E-state index contributed by atoms with van der Waals surface area (Å²) in [5.74, 6) is 2.10. The Morgan fingerprint density at radius 2 is 2.20 bits per heavy atom. The molecule has 6 nitrogen and oxygen atoms in total. The van der Waals surface area contributed by atoms with E-state index in [1.54, 1.807) is 18.5 Å². The van der Waals surface area contributed by atoms with Crippen LogP contribution in [0.3, 0.4) is 0 Å². The Morgan fingerprint density at radius 3 is 3.08 bits per heavy atom. The van der Waals surface area contributed by atoms with Crippen LogP contribution in [-0.2, 0) is 11.2 Å². The highest BCUT2D eigenvalue weighted by Gasteiger charge is 2.28. The second-order valence-corrected chi connectivity index (χ2v) is 6.45. The third kappa shape index (κ3) is 3.49. The summed E-state index contributed by atoms with van der Waals surface area (Å²) in [6.07, 6.45) is 4.25. The third-order valence-electron chi connectivity index (χ3n) is 4.32. The van der Waals surface area contributed by atoms with Gasteiger partial charge in [-0.2, -0.15) is 0 Å². The number of likely N-dealkylation sites (tertiary alicyclic amines) is 1. The number of carbonyl (C=O) groups excluding carboxylic acids is 1. The monoisotopic (exact) mass is 360 g/mol. The zero-order valence-electron chi connectivity index (χ0n) is 13.5. The number of hydrogen-bond donors (Lipinski definition) is 0. The van der Waals surface area contributed by atoms with Crippen LogP contribution in [0.2, 0.25) is 5.02 Å². The van der Waals surface area contributed by atoms with E-state index in [0.29, 0.717) is 36.0 Å². The number of aromatic nitrogens is 1. The number of rotatable bonds is 4. The molecule has 1 aromatic carbocycles. The van der Waals surface area contributed by atoms with Crippen molar-refractivity contribution in [1.82, 2.24) is 9.88 Å². The minimum atomic E-state index is -0.0550. The van der Waals surface area contributed by atoms with Gasteiger partial charge in [0.15, 0.2) is 11.5 Å². The molecular formula is C18H17ClN2O4. The van der Waals surface area contributed by atoms with Crippen molar-refractivity contribution in [1.29, 1.82) is 0 Å². The molecule has 1 aromatic heterocycles. The Balaban J connectivity index is 1.35. The van der Waals surface area contributed by atoms with E-state index < -0.39 is 0 Å². The molecule has 0 aliphatic carbocycles. The number of fused-ring (bicyclic) bond motifs is 1. The summed E-state index contributed by atoms with van der Waals surface area (Å²) >= 11 is 6.07. The topological polar surface area (TPSA) is 60.9 Å². The molecule has 2 aliphatic heterocycles. The smallest absolute Gasteiger partial charge is 0.231 e. The third-order valence-corrected chi connectivity index (χ3v) is 4.60. The van der Waals surface area contributed by atoms with E-state index in [2.05, 4.69) is 4.98 Å². The first-order chi connectivity index (χ1) is 12.2. The van der Waals surface area contributed by atoms with Crippen LogP contribution in [-0.4, -0.2) is 41.8 Å². The molecule has 0 unspecified atom stereocenters. The van der Waals surface area contributed by atoms with Crippen molar-refractivity contribution in [2.24, 2.45) is 0 Å². The van der Waals surface area contributed by atoms with Gasteiger partial charge in [-0.3, -0.25) is 9.78 Å². The van der Waals surface area contributed by atoms with Crippen LogP contribution in [0.4, 0.5) is 0 Å². The van der Waals surface area contributed by atoms with Gasteiger partial charge in [0.2, 0.25) is 12.7 Å². The van der Waals surface area contributed by atoms with E-state index in [1.807, 2.05) is 23.1 Å². The SMILES string of the molecule is O=C(Cc1ccc2c(c1)OCO2)N1CC[C@H](Oc2ccncc2Cl)C1. The number of benzene rings is 1. The molecule has 1 saturated heterocycles. The Labute approximate surface area is 150 Å². The van der Waals surface area contributed by atoms with E-state index in [-0.39, 0.29) is 18.8 Å². The predicted octanol–water partition coefficient (Wildman–Crippen LogP) is 2.69. The number of pyridine rings is 1. The van der Waals surface area contributed by atoms with E-state index >= 15 is 0 Å². The summed E-state index contributed by atoms with van der Waals surface area (Å²) in [5, 5.41) is 0.479. The number of amides is 1. The average molecular weight is 361 g/mol. The van der Waals surface area contributed by atoms with Crippen LogP contribution < -0.4 is 14.2 Å². The molecule has 0 N–H and O–H groups in total. The van der Waals surface area contributed by atoms with Gasteiger partial charge in [0.1, 0.15) is 16.9 Å². The van der Waals surface area contributed by atoms with Gasteiger partial charge < -0.3 is 19.1 Å². The first kappa shape index (κ1) is 16.0. The highest BCUT2D eigenvalue weighted by atomic mass is 35.5. The van der Waals surface area contributed by atoms with Crippen molar-refractivity contribution in [2.75, 3.05) is 19.9 Å². The quantitative estimate of drug-likeness (QED) is 0.839. The predicted molar refractivity (Wildman–Crippen MR) is 91.1 cm³/mol. The molecule has 0 radical (unpaired) electrons. The lowest BCUT2D eigenvalue weighted by Gasteiger charge is -2.18. The summed E-state index contributed by atoms with van der Waals surface area (Å²) in [6, 6.07) is 7.33. The molecule has 4 rings (SSSR count). The first-order valence-electron chi connectivity index (χ1n) is 8.11. The molecule has 1 amide bonds. The maximum Gasteiger partial charge on any atom is 0.231 e. The van der Waals surface area contributed by atoms with Crippen LogP contribution in [0.1, 0.15) is 12.0 Å². The van der Waals surface area contributed by atoms with Crippen molar-refractivity contribution in [3.8, 4) is 17.2 Å². The summed E-state index contributed by atoms with van der Waals surface area (Å²) in [6.45, 7) is 1.47. The average Bonchev–Trinajstić information content (AvgIpc) is 3.25. The Bertz CT molecular complexity index is 798. The molecule has 0 spiro atoms. The highest BCUT2D eigenvalue weighted by molar-refractivity contribution is 6.31. The van der Waals surface area contributed by atoms with Crippen LogP contribution in [0.5, 0.6) is 17.2 Å². The van der Waals surface area contributed by atoms with Gasteiger partial charge >= 0.3 is 0 Å². The fourth-order valence-electron chi connectivity index (χ4n) is 3.03. The molecule has 1 fully saturated rings. The second-order valence-electron chi connectivity index (χ2n) is 6.04. The van der Waals surface area contributed by atoms with Gasteiger partial charge in [0, 0.05) is 31.4 Å². The van der Waals surface area contributed by atoms with Crippen molar-refractivity contribution < 1.29 is 19.0 Å². The summed E-state index contributed by atoms with van der Waals surface area (Å²) in [7, 11) is 0. The van der Waals surface area contributed by atoms with Gasteiger partial charge in [-0.1, -0.05) is 17.7 Å². The van der Waals surface area contributed by atoms with Gasteiger partial charge in [-0.05, 0) is 17.7 Å².